The maximum Gasteiger partial charge on any atom is 0.250 e. The zero-order valence-electron chi connectivity index (χ0n) is 8.17. The normalized spacial score (nSPS) is 13.1. The Labute approximate surface area is 85.7 Å². The summed E-state index contributed by atoms with van der Waals surface area (Å²) in [6.07, 6.45) is -2.45. The summed E-state index contributed by atoms with van der Waals surface area (Å²) in [6.45, 7) is 1.16. The highest BCUT2D eigenvalue weighted by atomic mass is 19.3. The van der Waals surface area contributed by atoms with Crippen molar-refractivity contribution in [2.45, 2.75) is 19.4 Å². The topological polar surface area (TPSA) is 32.3 Å². The molecule has 0 aliphatic carbocycles. The Morgan fingerprint density at radius 3 is 2.60 bits per heavy atom. The van der Waals surface area contributed by atoms with Gasteiger partial charge in [-0.3, -0.25) is 0 Å². The Kier molecular flexibility index (Phi) is 3.96. The maximum absolute atomic E-state index is 12.6. The zero-order valence-corrected chi connectivity index (χ0v) is 8.17. The molecule has 84 valence electrons. The summed E-state index contributed by atoms with van der Waals surface area (Å²) in [5.74, 6) is -0.790. The Hall–Kier alpha value is -1.23. The fourth-order valence-corrected chi connectivity index (χ4v) is 1.26. The van der Waals surface area contributed by atoms with E-state index in [0.717, 1.165) is 6.07 Å². The third-order valence-electron chi connectivity index (χ3n) is 2.04. The quantitative estimate of drug-likeness (QED) is 0.815. The third-order valence-corrected chi connectivity index (χ3v) is 2.04. The van der Waals surface area contributed by atoms with Gasteiger partial charge >= 0.3 is 0 Å². The molecule has 5 heteroatoms. The molecular weight excluding hydrogens is 207 g/mol. The molecule has 0 bridgehead atoms. The molecule has 2 nitrogen and oxygen atoms in total. The number of benzene rings is 1. The van der Waals surface area contributed by atoms with Crippen LogP contribution in [0.2, 0.25) is 0 Å². The fraction of sp³-hybridized carbons (Fsp3) is 0.400. The lowest BCUT2D eigenvalue weighted by Crippen LogP contribution is -2.24. The number of phenols is 1. The monoisotopic (exact) mass is 219 g/mol. The van der Waals surface area contributed by atoms with Gasteiger partial charge in [-0.05, 0) is 13.0 Å². The standard InChI is InChI=1S/C10H12F3NO/c1-6(14-5-10(12)13)8-3-2-7(11)4-9(8)15/h2-4,6,10,14-15H,5H2,1H3. The van der Waals surface area contributed by atoms with Gasteiger partial charge in [0.15, 0.2) is 0 Å². The molecule has 0 spiro atoms. The molecule has 1 rings (SSSR count). The van der Waals surface area contributed by atoms with Crippen LogP contribution in [-0.4, -0.2) is 18.1 Å². The van der Waals surface area contributed by atoms with Crippen molar-refractivity contribution < 1.29 is 18.3 Å². The Bertz CT molecular complexity index is 330. The van der Waals surface area contributed by atoms with E-state index in [0.29, 0.717) is 5.56 Å². The van der Waals surface area contributed by atoms with E-state index in [4.69, 9.17) is 0 Å². The summed E-state index contributed by atoms with van der Waals surface area (Å²) in [5.41, 5.74) is 0.400. The van der Waals surface area contributed by atoms with E-state index in [9.17, 15) is 18.3 Å². The van der Waals surface area contributed by atoms with Crippen molar-refractivity contribution in [1.82, 2.24) is 5.32 Å². The van der Waals surface area contributed by atoms with Crippen molar-refractivity contribution in [3.63, 3.8) is 0 Å². The van der Waals surface area contributed by atoms with Gasteiger partial charge in [-0.1, -0.05) is 6.07 Å². The van der Waals surface area contributed by atoms with Gasteiger partial charge in [0.1, 0.15) is 11.6 Å². The minimum absolute atomic E-state index is 0.232. The van der Waals surface area contributed by atoms with Crippen LogP contribution in [0.15, 0.2) is 18.2 Å². The Balaban J connectivity index is 2.69. The highest BCUT2D eigenvalue weighted by Gasteiger charge is 2.12. The van der Waals surface area contributed by atoms with Gasteiger partial charge in [0, 0.05) is 17.7 Å². The second-order valence-electron chi connectivity index (χ2n) is 3.22. The zero-order chi connectivity index (χ0) is 11.4. The molecule has 0 saturated carbocycles. The molecular formula is C10H12F3NO. The van der Waals surface area contributed by atoms with E-state index in [1.54, 1.807) is 6.92 Å². The fourth-order valence-electron chi connectivity index (χ4n) is 1.26. The lowest BCUT2D eigenvalue weighted by Gasteiger charge is -2.15. The molecule has 0 heterocycles. The number of nitrogens with one attached hydrogen (secondary N) is 1. The average Bonchev–Trinajstić information content (AvgIpc) is 2.14. The smallest absolute Gasteiger partial charge is 0.250 e. The summed E-state index contributed by atoms with van der Waals surface area (Å²) in [4.78, 5) is 0. The molecule has 0 amide bonds. The molecule has 0 aliphatic rings. The lowest BCUT2D eigenvalue weighted by molar-refractivity contribution is 0.142. The SMILES string of the molecule is CC(NCC(F)F)c1ccc(F)cc1O. The summed E-state index contributed by atoms with van der Waals surface area (Å²) in [5, 5.41) is 11.9. The largest absolute Gasteiger partial charge is 0.508 e. The predicted molar refractivity (Wildman–Crippen MR) is 50.5 cm³/mol. The first-order chi connectivity index (χ1) is 7.00. The van der Waals surface area contributed by atoms with Crippen molar-refractivity contribution in [2.75, 3.05) is 6.54 Å². The summed E-state index contributed by atoms with van der Waals surface area (Å²) in [7, 11) is 0. The molecule has 0 aliphatic heterocycles. The Morgan fingerprint density at radius 1 is 1.40 bits per heavy atom. The third kappa shape index (κ3) is 3.43. The molecule has 1 unspecified atom stereocenters. The molecule has 1 aromatic carbocycles. The Morgan fingerprint density at radius 2 is 2.07 bits per heavy atom. The number of hydrogen-bond donors (Lipinski definition) is 2. The summed E-state index contributed by atoms with van der Waals surface area (Å²) in [6, 6.07) is 3.05. The number of rotatable bonds is 4. The molecule has 15 heavy (non-hydrogen) atoms. The van der Waals surface area contributed by atoms with Gasteiger partial charge in [0.2, 0.25) is 0 Å². The van der Waals surface area contributed by atoms with Crippen LogP contribution in [0.5, 0.6) is 5.75 Å². The van der Waals surface area contributed by atoms with Gasteiger partial charge in [-0.2, -0.15) is 0 Å². The van der Waals surface area contributed by atoms with Gasteiger partial charge < -0.3 is 10.4 Å². The number of hydrogen-bond acceptors (Lipinski definition) is 2. The minimum Gasteiger partial charge on any atom is -0.508 e. The van der Waals surface area contributed by atoms with E-state index >= 15 is 0 Å². The number of alkyl halides is 2. The van der Waals surface area contributed by atoms with E-state index in [-0.39, 0.29) is 5.75 Å². The van der Waals surface area contributed by atoms with Crippen molar-refractivity contribution in [2.24, 2.45) is 0 Å². The minimum atomic E-state index is -2.45. The van der Waals surface area contributed by atoms with Gasteiger partial charge in [0.25, 0.3) is 6.43 Å². The van der Waals surface area contributed by atoms with Crippen LogP contribution < -0.4 is 5.32 Å². The molecule has 0 radical (unpaired) electrons. The second-order valence-corrected chi connectivity index (χ2v) is 3.22. The van der Waals surface area contributed by atoms with E-state index in [1.165, 1.54) is 12.1 Å². The first-order valence-electron chi connectivity index (χ1n) is 4.50. The van der Waals surface area contributed by atoms with Crippen LogP contribution in [0.1, 0.15) is 18.5 Å². The van der Waals surface area contributed by atoms with Crippen LogP contribution in [0.25, 0.3) is 0 Å². The van der Waals surface area contributed by atoms with Crippen LogP contribution in [-0.2, 0) is 0 Å². The maximum atomic E-state index is 12.6. The number of phenolic OH excluding ortho intramolecular Hbond substituents is 1. The van der Waals surface area contributed by atoms with Gasteiger partial charge in [-0.25, -0.2) is 13.2 Å². The van der Waals surface area contributed by atoms with Crippen molar-refractivity contribution in [1.29, 1.82) is 0 Å². The van der Waals surface area contributed by atoms with Crippen molar-refractivity contribution in [3.05, 3.63) is 29.6 Å². The van der Waals surface area contributed by atoms with E-state index in [1.807, 2.05) is 0 Å². The molecule has 1 atom stereocenters. The van der Waals surface area contributed by atoms with E-state index in [2.05, 4.69) is 5.32 Å². The van der Waals surface area contributed by atoms with Crippen LogP contribution in [0.4, 0.5) is 13.2 Å². The van der Waals surface area contributed by atoms with Gasteiger partial charge in [-0.15, -0.1) is 0 Å². The predicted octanol–water partition coefficient (Wildman–Crippen LogP) is 2.45. The number of aromatic hydroxyl groups is 1. The highest BCUT2D eigenvalue weighted by molar-refractivity contribution is 5.34. The molecule has 0 saturated heterocycles. The summed E-state index contributed by atoms with van der Waals surface area (Å²) >= 11 is 0. The van der Waals surface area contributed by atoms with Crippen molar-refractivity contribution >= 4 is 0 Å². The first kappa shape index (κ1) is 11.8. The second kappa shape index (κ2) is 5.02. The van der Waals surface area contributed by atoms with Crippen LogP contribution >= 0.6 is 0 Å². The van der Waals surface area contributed by atoms with Crippen LogP contribution in [0.3, 0.4) is 0 Å². The first-order valence-corrected chi connectivity index (χ1v) is 4.50. The summed E-state index contributed by atoms with van der Waals surface area (Å²) < 4.78 is 36.4. The lowest BCUT2D eigenvalue weighted by atomic mass is 10.1. The van der Waals surface area contributed by atoms with E-state index < -0.39 is 24.8 Å². The molecule has 1 aromatic rings. The highest BCUT2D eigenvalue weighted by Crippen LogP contribution is 2.24. The van der Waals surface area contributed by atoms with Gasteiger partial charge in [0.05, 0.1) is 6.54 Å². The molecule has 2 N–H and O–H groups in total. The van der Waals surface area contributed by atoms with Crippen molar-refractivity contribution in [3.8, 4) is 5.75 Å². The molecule has 0 aromatic heterocycles. The number of halogens is 3. The average molecular weight is 219 g/mol. The van der Waals surface area contributed by atoms with Crippen LogP contribution in [0, 0.1) is 5.82 Å². The molecule has 0 fully saturated rings.